The number of halogens is 1. The molecule has 3 atom stereocenters. The first-order valence-electron chi connectivity index (χ1n) is 6.16. The lowest BCUT2D eigenvalue weighted by atomic mass is 10.0. The van der Waals surface area contributed by atoms with Gasteiger partial charge < -0.3 is 10.4 Å². The van der Waals surface area contributed by atoms with Crippen LogP contribution >= 0.6 is 15.9 Å². The lowest BCUT2D eigenvalue weighted by Crippen LogP contribution is -2.26. The average molecular weight is 300 g/mol. The van der Waals surface area contributed by atoms with Crippen LogP contribution in [-0.2, 0) is 0 Å². The van der Waals surface area contributed by atoms with Crippen LogP contribution in [0.3, 0.4) is 0 Å². The SMILES string of the molecule is CC(O)CC(C)CNC(C)c1cccc(Br)c1. The third-order valence-electron chi connectivity index (χ3n) is 2.86. The second-order valence-corrected chi connectivity index (χ2v) is 5.79. The predicted molar refractivity (Wildman–Crippen MR) is 76.0 cm³/mol. The maximum absolute atomic E-state index is 9.31. The summed E-state index contributed by atoms with van der Waals surface area (Å²) < 4.78 is 1.11. The molecule has 96 valence electrons. The predicted octanol–water partition coefficient (Wildman–Crippen LogP) is 3.51. The minimum Gasteiger partial charge on any atom is -0.393 e. The molecule has 1 rings (SSSR count). The van der Waals surface area contributed by atoms with Gasteiger partial charge in [0.1, 0.15) is 0 Å². The van der Waals surface area contributed by atoms with Crippen LogP contribution < -0.4 is 5.32 Å². The summed E-state index contributed by atoms with van der Waals surface area (Å²) in [4.78, 5) is 0. The number of nitrogens with one attached hydrogen (secondary N) is 1. The first-order chi connectivity index (χ1) is 7.99. The summed E-state index contributed by atoms with van der Waals surface area (Å²) in [6.45, 7) is 7.09. The molecule has 3 heteroatoms. The summed E-state index contributed by atoms with van der Waals surface area (Å²) in [6.07, 6.45) is 0.631. The van der Waals surface area contributed by atoms with Gasteiger partial charge in [0.2, 0.25) is 0 Å². The fraction of sp³-hybridized carbons (Fsp3) is 0.571. The van der Waals surface area contributed by atoms with Crippen molar-refractivity contribution in [2.45, 2.75) is 39.3 Å². The highest BCUT2D eigenvalue weighted by molar-refractivity contribution is 9.10. The molecule has 17 heavy (non-hydrogen) atoms. The summed E-state index contributed by atoms with van der Waals surface area (Å²) in [7, 11) is 0. The van der Waals surface area contributed by atoms with Gasteiger partial charge in [-0.25, -0.2) is 0 Å². The van der Waals surface area contributed by atoms with Gasteiger partial charge in [0.25, 0.3) is 0 Å². The van der Waals surface area contributed by atoms with E-state index in [0.29, 0.717) is 12.0 Å². The zero-order chi connectivity index (χ0) is 12.8. The summed E-state index contributed by atoms with van der Waals surface area (Å²) >= 11 is 3.48. The molecule has 0 saturated heterocycles. The summed E-state index contributed by atoms with van der Waals surface area (Å²) in [5, 5.41) is 12.8. The fourth-order valence-electron chi connectivity index (χ4n) is 1.94. The first kappa shape index (κ1) is 14.7. The van der Waals surface area contributed by atoms with Crippen LogP contribution in [0.2, 0.25) is 0 Å². The van der Waals surface area contributed by atoms with Gasteiger partial charge in [0.05, 0.1) is 6.10 Å². The van der Waals surface area contributed by atoms with Crippen LogP contribution in [0.5, 0.6) is 0 Å². The maximum atomic E-state index is 9.31. The van der Waals surface area contributed by atoms with Gasteiger partial charge in [-0.15, -0.1) is 0 Å². The molecule has 0 radical (unpaired) electrons. The van der Waals surface area contributed by atoms with Crippen LogP contribution in [0.1, 0.15) is 38.8 Å². The summed E-state index contributed by atoms with van der Waals surface area (Å²) in [5.41, 5.74) is 1.28. The van der Waals surface area contributed by atoms with E-state index in [1.807, 2.05) is 13.0 Å². The van der Waals surface area contributed by atoms with Gasteiger partial charge in [-0.2, -0.15) is 0 Å². The van der Waals surface area contributed by atoms with Crippen molar-refractivity contribution >= 4 is 15.9 Å². The van der Waals surface area contributed by atoms with Crippen molar-refractivity contribution in [3.05, 3.63) is 34.3 Å². The van der Waals surface area contributed by atoms with E-state index >= 15 is 0 Å². The molecule has 0 saturated carbocycles. The van der Waals surface area contributed by atoms with Crippen LogP contribution in [0, 0.1) is 5.92 Å². The Labute approximate surface area is 113 Å². The molecule has 1 aromatic rings. The minimum atomic E-state index is -0.215. The summed E-state index contributed by atoms with van der Waals surface area (Å²) in [6, 6.07) is 8.69. The molecule has 0 aliphatic rings. The monoisotopic (exact) mass is 299 g/mol. The van der Waals surface area contributed by atoms with E-state index in [9.17, 15) is 5.11 Å². The number of hydrogen-bond acceptors (Lipinski definition) is 2. The standard InChI is InChI=1S/C14H22BrNO/c1-10(7-11(2)17)9-16-12(3)13-5-4-6-14(15)8-13/h4-6,8,10-12,16-17H,7,9H2,1-3H3. The highest BCUT2D eigenvalue weighted by Gasteiger charge is 2.09. The Balaban J connectivity index is 2.42. The zero-order valence-electron chi connectivity index (χ0n) is 10.8. The lowest BCUT2D eigenvalue weighted by molar-refractivity contribution is 0.162. The number of aliphatic hydroxyl groups excluding tert-OH is 1. The van der Waals surface area contributed by atoms with Crippen LogP contribution in [-0.4, -0.2) is 17.8 Å². The Morgan fingerprint density at radius 2 is 2.00 bits per heavy atom. The molecule has 0 fully saturated rings. The van der Waals surface area contributed by atoms with Gasteiger partial charge in [0.15, 0.2) is 0 Å². The third kappa shape index (κ3) is 5.66. The second-order valence-electron chi connectivity index (χ2n) is 4.87. The van der Waals surface area contributed by atoms with Gasteiger partial charge in [-0.05, 0) is 50.4 Å². The van der Waals surface area contributed by atoms with Gasteiger partial charge >= 0.3 is 0 Å². The first-order valence-corrected chi connectivity index (χ1v) is 6.95. The molecule has 0 aliphatic heterocycles. The van der Waals surface area contributed by atoms with Crippen molar-refractivity contribution in [2.24, 2.45) is 5.92 Å². The molecule has 0 aromatic heterocycles. The van der Waals surface area contributed by atoms with Crippen molar-refractivity contribution in [3.63, 3.8) is 0 Å². The lowest BCUT2D eigenvalue weighted by Gasteiger charge is -2.19. The normalized spacial score (nSPS) is 16.5. The Bertz CT molecular complexity index is 341. The third-order valence-corrected chi connectivity index (χ3v) is 3.36. The van der Waals surface area contributed by atoms with E-state index in [0.717, 1.165) is 17.4 Å². The van der Waals surface area contributed by atoms with Crippen molar-refractivity contribution in [3.8, 4) is 0 Å². The number of rotatable bonds is 6. The molecular formula is C14H22BrNO. The highest BCUT2D eigenvalue weighted by Crippen LogP contribution is 2.18. The molecular weight excluding hydrogens is 278 g/mol. The fourth-order valence-corrected chi connectivity index (χ4v) is 2.35. The number of hydrogen-bond donors (Lipinski definition) is 2. The van der Waals surface area contributed by atoms with E-state index < -0.39 is 0 Å². The van der Waals surface area contributed by atoms with E-state index in [1.165, 1.54) is 5.56 Å². The van der Waals surface area contributed by atoms with Crippen LogP contribution in [0.15, 0.2) is 28.7 Å². The van der Waals surface area contributed by atoms with Crippen molar-refractivity contribution in [2.75, 3.05) is 6.54 Å². The van der Waals surface area contributed by atoms with Crippen molar-refractivity contribution in [1.29, 1.82) is 0 Å². The number of aliphatic hydroxyl groups is 1. The Morgan fingerprint density at radius 1 is 1.29 bits per heavy atom. The number of benzene rings is 1. The van der Waals surface area contributed by atoms with E-state index in [1.54, 1.807) is 0 Å². The zero-order valence-corrected chi connectivity index (χ0v) is 12.4. The van der Waals surface area contributed by atoms with Crippen LogP contribution in [0.4, 0.5) is 0 Å². The van der Waals surface area contributed by atoms with Gasteiger partial charge in [-0.3, -0.25) is 0 Å². The Morgan fingerprint density at radius 3 is 2.59 bits per heavy atom. The molecule has 0 spiro atoms. The molecule has 0 amide bonds. The van der Waals surface area contributed by atoms with Crippen molar-refractivity contribution < 1.29 is 5.11 Å². The van der Waals surface area contributed by atoms with Gasteiger partial charge in [-0.1, -0.05) is 35.0 Å². The molecule has 0 heterocycles. The molecule has 2 N–H and O–H groups in total. The van der Waals surface area contributed by atoms with Crippen molar-refractivity contribution in [1.82, 2.24) is 5.32 Å². The van der Waals surface area contributed by atoms with E-state index in [-0.39, 0.29) is 6.10 Å². The minimum absolute atomic E-state index is 0.215. The second kappa shape index (κ2) is 7.14. The highest BCUT2D eigenvalue weighted by atomic mass is 79.9. The van der Waals surface area contributed by atoms with Crippen LogP contribution in [0.25, 0.3) is 0 Å². The molecule has 2 nitrogen and oxygen atoms in total. The average Bonchev–Trinajstić information content (AvgIpc) is 2.25. The molecule has 0 bridgehead atoms. The summed E-state index contributed by atoms with van der Waals surface area (Å²) in [5.74, 6) is 0.490. The largest absolute Gasteiger partial charge is 0.393 e. The molecule has 3 unspecified atom stereocenters. The van der Waals surface area contributed by atoms with Gasteiger partial charge in [0, 0.05) is 10.5 Å². The Hall–Kier alpha value is -0.380. The maximum Gasteiger partial charge on any atom is 0.0515 e. The van der Waals surface area contributed by atoms with E-state index in [4.69, 9.17) is 0 Å². The topological polar surface area (TPSA) is 32.3 Å². The quantitative estimate of drug-likeness (QED) is 0.842. The molecule has 1 aromatic carbocycles. The molecule has 0 aliphatic carbocycles. The Kier molecular flexibility index (Phi) is 6.17. The smallest absolute Gasteiger partial charge is 0.0515 e. The van der Waals surface area contributed by atoms with E-state index in [2.05, 4.69) is 53.3 Å².